The van der Waals surface area contributed by atoms with Crippen molar-refractivity contribution in [1.82, 2.24) is 9.88 Å². The van der Waals surface area contributed by atoms with Crippen LogP contribution in [0.15, 0.2) is 34.9 Å². The van der Waals surface area contributed by atoms with E-state index in [2.05, 4.69) is 9.88 Å². The Balaban J connectivity index is 1.48. The predicted molar refractivity (Wildman–Crippen MR) is 112 cm³/mol. The summed E-state index contributed by atoms with van der Waals surface area (Å²) in [4.78, 5) is 20.0. The molecule has 5 rings (SSSR count). The smallest absolute Gasteiger partial charge is 0.228 e. The summed E-state index contributed by atoms with van der Waals surface area (Å²) in [6.07, 6.45) is 1.91. The van der Waals surface area contributed by atoms with Crippen LogP contribution in [0.1, 0.15) is 27.4 Å². The average molecular weight is 410 g/mol. The van der Waals surface area contributed by atoms with E-state index in [-0.39, 0.29) is 5.78 Å². The van der Waals surface area contributed by atoms with Crippen molar-refractivity contribution >= 4 is 28.5 Å². The van der Waals surface area contributed by atoms with Gasteiger partial charge in [0.25, 0.3) is 0 Å². The molecule has 0 saturated carbocycles. The highest BCUT2D eigenvalue weighted by molar-refractivity contribution is 7.99. The quantitative estimate of drug-likeness (QED) is 0.608. The second-order valence-corrected chi connectivity index (χ2v) is 8.52. The fraction of sp³-hybridized carbons (Fsp3) is 0.364. The number of furan rings is 1. The van der Waals surface area contributed by atoms with Gasteiger partial charge in [-0.3, -0.25) is 14.7 Å². The Morgan fingerprint density at radius 2 is 1.93 bits per heavy atom. The number of thioether (sulfide) groups is 1. The van der Waals surface area contributed by atoms with E-state index in [1.54, 1.807) is 18.2 Å². The van der Waals surface area contributed by atoms with Gasteiger partial charge in [-0.1, -0.05) is 0 Å². The molecular formula is C22H22N2O4S. The van der Waals surface area contributed by atoms with Crippen LogP contribution in [0.2, 0.25) is 0 Å². The van der Waals surface area contributed by atoms with Gasteiger partial charge in [0.05, 0.1) is 5.69 Å². The van der Waals surface area contributed by atoms with Crippen molar-refractivity contribution < 1.29 is 18.7 Å². The maximum absolute atomic E-state index is 13.1. The molecule has 0 aliphatic carbocycles. The Morgan fingerprint density at radius 3 is 2.76 bits per heavy atom. The molecule has 29 heavy (non-hydrogen) atoms. The lowest BCUT2D eigenvalue weighted by Gasteiger charge is -2.26. The zero-order valence-electron chi connectivity index (χ0n) is 16.3. The summed E-state index contributed by atoms with van der Waals surface area (Å²) in [5, 5.41) is 0.969. The lowest BCUT2D eigenvalue weighted by Crippen LogP contribution is -2.32. The van der Waals surface area contributed by atoms with E-state index in [1.807, 2.05) is 30.9 Å². The predicted octanol–water partition coefficient (Wildman–Crippen LogP) is 3.69. The zero-order valence-corrected chi connectivity index (χ0v) is 17.1. The normalized spacial score (nSPS) is 16.9. The highest BCUT2D eigenvalue weighted by Gasteiger charge is 2.21. The van der Waals surface area contributed by atoms with Gasteiger partial charge in [-0.2, -0.15) is 11.8 Å². The molecule has 2 aliphatic heterocycles. The van der Waals surface area contributed by atoms with Crippen LogP contribution >= 0.6 is 11.8 Å². The maximum Gasteiger partial charge on any atom is 0.228 e. The summed E-state index contributed by atoms with van der Waals surface area (Å²) in [5.74, 6) is 3.73. The average Bonchev–Trinajstić information content (AvgIpc) is 3.22. The number of rotatable bonds is 4. The molecule has 0 atom stereocenters. The minimum atomic E-state index is -0.169. The summed E-state index contributed by atoms with van der Waals surface area (Å²) < 4.78 is 17.1. The van der Waals surface area contributed by atoms with Crippen molar-refractivity contribution in [2.24, 2.45) is 0 Å². The Morgan fingerprint density at radius 1 is 1.14 bits per heavy atom. The first-order valence-electron chi connectivity index (χ1n) is 9.81. The molecule has 6 nitrogen and oxygen atoms in total. The van der Waals surface area contributed by atoms with Crippen molar-refractivity contribution in [3.63, 3.8) is 0 Å². The molecule has 4 heterocycles. The molecule has 0 unspecified atom stereocenters. The summed E-state index contributed by atoms with van der Waals surface area (Å²) in [6, 6.07) is 7.11. The monoisotopic (exact) mass is 410 g/mol. The van der Waals surface area contributed by atoms with Gasteiger partial charge >= 0.3 is 0 Å². The number of nitrogens with zero attached hydrogens (tertiary/aromatic N) is 2. The van der Waals surface area contributed by atoms with E-state index in [0.717, 1.165) is 47.8 Å². The third-order valence-electron chi connectivity index (χ3n) is 5.35. The first-order valence-corrected chi connectivity index (χ1v) is 11.0. The molecule has 7 heteroatoms. The highest BCUT2D eigenvalue weighted by Crippen LogP contribution is 2.33. The number of hydrogen-bond donors (Lipinski definition) is 0. The molecule has 3 aromatic rings. The molecule has 1 fully saturated rings. The van der Waals surface area contributed by atoms with Gasteiger partial charge in [-0.05, 0) is 36.8 Å². The van der Waals surface area contributed by atoms with Crippen LogP contribution in [0.4, 0.5) is 0 Å². The number of carbonyl (C=O) groups is 1. The standard InChI is InChI=1S/C22H22N2O4S/c1-14-22-17(16(12-23-14)13-24-4-8-29-9-5-24)11-20(28-22)21(25)15-2-3-18-19(10-15)27-7-6-26-18/h2-3,10-12H,4-9,13H2,1H3. The molecule has 0 bridgehead atoms. The first-order chi connectivity index (χ1) is 14.2. The van der Waals surface area contributed by atoms with Gasteiger partial charge in [-0.15, -0.1) is 0 Å². The SMILES string of the molecule is Cc1ncc(CN2CCSCC2)c2cc(C(=O)c3ccc4c(c3)OCCO4)oc12. The number of ketones is 1. The van der Waals surface area contributed by atoms with Crippen LogP contribution in [0, 0.1) is 6.92 Å². The minimum Gasteiger partial charge on any atom is -0.486 e. The third-order valence-corrected chi connectivity index (χ3v) is 6.29. The van der Waals surface area contributed by atoms with Crippen LogP contribution in [-0.4, -0.2) is 53.5 Å². The van der Waals surface area contributed by atoms with E-state index in [4.69, 9.17) is 13.9 Å². The van der Waals surface area contributed by atoms with Crippen LogP contribution in [-0.2, 0) is 6.54 Å². The lowest BCUT2D eigenvalue weighted by molar-refractivity contribution is 0.101. The van der Waals surface area contributed by atoms with Gasteiger partial charge in [0.15, 0.2) is 22.8 Å². The summed E-state index contributed by atoms with van der Waals surface area (Å²) in [6.45, 7) is 5.88. The molecule has 0 radical (unpaired) electrons. The molecular weight excluding hydrogens is 388 g/mol. The van der Waals surface area contributed by atoms with Crippen molar-refractivity contribution in [3.05, 3.63) is 53.0 Å². The highest BCUT2D eigenvalue weighted by atomic mass is 32.2. The van der Waals surface area contributed by atoms with Gasteiger partial charge in [0.2, 0.25) is 5.78 Å². The number of pyridine rings is 1. The molecule has 1 saturated heterocycles. The minimum absolute atomic E-state index is 0.169. The Hall–Kier alpha value is -2.51. The van der Waals surface area contributed by atoms with Gasteiger partial charge in [-0.25, -0.2) is 0 Å². The molecule has 2 aromatic heterocycles. The molecule has 150 valence electrons. The van der Waals surface area contributed by atoms with E-state index < -0.39 is 0 Å². The second kappa shape index (κ2) is 7.72. The molecule has 1 aromatic carbocycles. The number of aryl methyl sites for hydroxylation is 1. The van der Waals surface area contributed by atoms with Gasteiger partial charge in [0.1, 0.15) is 13.2 Å². The van der Waals surface area contributed by atoms with Crippen LogP contribution in [0.5, 0.6) is 11.5 Å². The van der Waals surface area contributed by atoms with E-state index in [1.165, 1.54) is 0 Å². The maximum atomic E-state index is 13.1. The van der Waals surface area contributed by atoms with Gasteiger partial charge in [0, 0.05) is 48.3 Å². The van der Waals surface area contributed by atoms with E-state index in [9.17, 15) is 4.79 Å². The third kappa shape index (κ3) is 3.60. The number of hydrogen-bond acceptors (Lipinski definition) is 7. The van der Waals surface area contributed by atoms with Crippen LogP contribution < -0.4 is 9.47 Å². The van der Waals surface area contributed by atoms with E-state index in [0.29, 0.717) is 41.6 Å². The van der Waals surface area contributed by atoms with Crippen LogP contribution in [0.3, 0.4) is 0 Å². The zero-order chi connectivity index (χ0) is 19.8. The number of benzene rings is 1. The van der Waals surface area contributed by atoms with Gasteiger partial charge < -0.3 is 13.9 Å². The fourth-order valence-electron chi connectivity index (χ4n) is 3.77. The first kappa shape index (κ1) is 18.5. The molecule has 0 N–H and O–H groups in total. The summed E-state index contributed by atoms with van der Waals surface area (Å²) in [7, 11) is 0. The van der Waals surface area contributed by atoms with Crippen molar-refractivity contribution in [1.29, 1.82) is 0 Å². The number of carbonyl (C=O) groups excluding carboxylic acids is 1. The van der Waals surface area contributed by atoms with Crippen LogP contribution in [0.25, 0.3) is 11.0 Å². The molecule has 0 spiro atoms. The number of aromatic nitrogens is 1. The Kier molecular flexibility index (Phi) is 4.93. The number of fused-ring (bicyclic) bond motifs is 2. The fourth-order valence-corrected chi connectivity index (χ4v) is 4.74. The Bertz CT molecular complexity index is 1070. The lowest BCUT2D eigenvalue weighted by atomic mass is 10.1. The topological polar surface area (TPSA) is 64.8 Å². The molecule has 0 amide bonds. The van der Waals surface area contributed by atoms with E-state index >= 15 is 0 Å². The van der Waals surface area contributed by atoms with Crippen molar-refractivity contribution in [2.75, 3.05) is 37.8 Å². The van der Waals surface area contributed by atoms with Crippen molar-refractivity contribution in [2.45, 2.75) is 13.5 Å². The number of ether oxygens (including phenoxy) is 2. The molecule has 2 aliphatic rings. The van der Waals surface area contributed by atoms with Crippen molar-refractivity contribution in [3.8, 4) is 11.5 Å². The summed E-state index contributed by atoms with van der Waals surface area (Å²) in [5.41, 5.74) is 3.10. The summed E-state index contributed by atoms with van der Waals surface area (Å²) >= 11 is 1.99. The second-order valence-electron chi connectivity index (χ2n) is 7.30. The largest absolute Gasteiger partial charge is 0.486 e. The Labute approximate surface area is 173 Å².